The zero-order valence-corrected chi connectivity index (χ0v) is 6.07. The van der Waals surface area contributed by atoms with Crippen molar-refractivity contribution < 1.29 is 14.3 Å². The van der Waals surface area contributed by atoms with Crippen LogP contribution in [0.2, 0.25) is 0 Å². The molecule has 0 aromatic heterocycles. The third-order valence-electron chi connectivity index (χ3n) is 0.606. The van der Waals surface area contributed by atoms with Gasteiger partial charge in [-0.05, 0) is 0 Å². The normalized spacial score (nSPS) is 10.6. The first-order valence-corrected chi connectivity index (χ1v) is 2.72. The molecule has 0 unspecified atom stereocenters. The smallest absolute Gasteiger partial charge is 0.349 e. The molecule has 0 amide bonds. The summed E-state index contributed by atoms with van der Waals surface area (Å²) in [5, 5.41) is 0. The molecule has 0 aromatic rings. The Hall–Kier alpha value is -0.280. The fourth-order valence-electron chi connectivity index (χ4n) is 0.184. The Balaban J connectivity index is 4.14. The average molecular weight is 171 g/mol. The maximum atomic E-state index is 10.3. The minimum atomic E-state index is -2.05. The van der Waals surface area contributed by atoms with Crippen LogP contribution >= 0.6 is 23.2 Å². The minimum Gasteiger partial charge on any atom is -0.466 e. The number of carbonyl (C=O) groups is 2. The summed E-state index contributed by atoms with van der Waals surface area (Å²) >= 11 is 10.2. The lowest BCUT2D eigenvalue weighted by Crippen LogP contribution is -2.28. The van der Waals surface area contributed by atoms with Crippen LogP contribution in [0.5, 0.6) is 0 Å². The lowest BCUT2D eigenvalue weighted by Gasteiger charge is -2.06. The zero-order valence-electron chi connectivity index (χ0n) is 4.56. The van der Waals surface area contributed by atoms with Gasteiger partial charge in [-0.2, -0.15) is 0 Å². The van der Waals surface area contributed by atoms with Crippen LogP contribution in [0.25, 0.3) is 0 Å². The van der Waals surface area contributed by atoms with Gasteiger partial charge in [0.1, 0.15) is 0 Å². The summed E-state index contributed by atoms with van der Waals surface area (Å²) < 4.78 is 2.02. The molecule has 0 saturated carbocycles. The Morgan fingerprint density at radius 2 is 2.11 bits per heavy atom. The summed E-state index contributed by atoms with van der Waals surface area (Å²) in [6.07, 6.45) is 0.0992. The maximum absolute atomic E-state index is 10.3. The van der Waals surface area contributed by atoms with Crippen LogP contribution < -0.4 is 0 Å². The summed E-state index contributed by atoms with van der Waals surface area (Å²) in [5.74, 6) is -0.971. The van der Waals surface area contributed by atoms with E-state index in [0.717, 1.165) is 7.11 Å². The van der Waals surface area contributed by atoms with E-state index in [1.165, 1.54) is 0 Å². The predicted molar refractivity (Wildman–Crippen MR) is 32.5 cm³/mol. The van der Waals surface area contributed by atoms with Gasteiger partial charge in [0.2, 0.25) is 0 Å². The number of esters is 1. The average Bonchev–Trinajstić information content (AvgIpc) is 1.86. The fourth-order valence-corrected chi connectivity index (χ4v) is 0.338. The summed E-state index contributed by atoms with van der Waals surface area (Å²) in [6.45, 7) is 0. The van der Waals surface area contributed by atoms with Crippen molar-refractivity contribution in [3.63, 3.8) is 0 Å². The van der Waals surface area contributed by atoms with E-state index in [4.69, 9.17) is 23.2 Å². The van der Waals surface area contributed by atoms with E-state index < -0.39 is 10.3 Å². The molecule has 0 aromatic carbocycles. The number of rotatable bonds is 2. The highest BCUT2D eigenvalue weighted by Crippen LogP contribution is 2.18. The molecule has 0 atom stereocenters. The molecule has 0 fully saturated rings. The van der Waals surface area contributed by atoms with Crippen molar-refractivity contribution in [3.8, 4) is 0 Å². The second kappa shape index (κ2) is 3.03. The van der Waals surface area contributed by atoms with E-state index in [-0.39, 0.29) is 6.29 Å². The first-order chi connectivity index (χ1) is 4.04. The number of carbonyl (C=O) groups excluding carboxylic acids is 2. The van der Waals surface area contributed by atoms with Crippen LogP contribution in [-0.4, -0.2) is 23.7 Å². The lowest BCUT2D eigenvalue weighted by atomic mass is 10.5. The van der Waals surface area contributed by atoms with Gasteiger partial charge in [0, 0.05) is 0 Å². The quantitative estimate of drug-likeness (QED) is 0.263. The molecule has 0 heterocycles. The molecule has 0 aliphatic heterocycles. The number of halogens is 2. The van der Waals surface area contributed by atoms with Crippen molar-refractivity contribution in [2.75, 3.05) is 7.11 Å². The highest BCUT2D eigenvalue weighted by molar-refractivity contribution is 6.64. The summed E-state index contributed by atoms with van der Waals surface area (Å²) in [4.78, 5) is 20.2. The molecule has 0 aliphatic carbocycles. The molecule has 0 aliphatic rings. The topological polar surface area (TPSA) is 43.4 Å². The van der Waals surface area contributed by atoms with Gasteiger partial charge in [-0.25, -0.2) is 4.79 Å². The largest absolute Gasteiger partial charge is 0.466 e. The standard InChI is InChI=1S/C4H4Cl2O3/c1-9-3(8)4(5,6)2-7/h2H,1H3. The van der Waals surface area contributed by atoms with Crippen LogP contribution in [0, 0.1) is 0 Å². The maximum Gasteiger partial charge on any atom is 0.349 e. The van der Waals surface area contributed by atoms with Crippen LogP contribution in [-0.2, 0) is 14.3 Å². The monoisotopic (exact) mass is 170 g/mol. The van der Waals surface area contributed by atoms with Crippen LogP contribution in [0.15, 0.2) is 0 Å². The fraction of sp³-hybridized carbons (Fsp3) is 0.500. The van der Waals surface area contributed by atoms with Crippen molar-refractivity contribution in [1.29, 1.82) is 0 Å². The van der Waals surface area contributed by atoms with E-state index in [1.54, 1.807) is 0 Å². The predicted octanol–water partition coefficient (Wildman–Crippen LogP) is 0.532. The molecule has 0 bridgehead atoms. The number of hydrogen-bond donors (Lipinski definition) is 0. The lowest BCUT2D eigenvalue weighted by molar-refractivity contribution is -0.142. The van der Waals surface area contributed by atoms with Gasteiger partial charge >= 0.3 is 5.97 Å². The number of hydrogen-bond acceptors (Lipinski definition) is 3. The van der Waals surface area contributed by atoms with E-state index in [0.29, 0.717) is 0 Å². The van der Waals surface area contributed by atoms with Crippen molar-refractivity contribution >= 4 is 35.5 Å². The molecule has 52 valence electrons. The van der Waals surface area contributed by atoms with Crippen LogP contribution in [0.4, 0.5) is 0 Å². The molecular weight excluding hydrogens is 167 g/mol. The number of methoxy groups -OCH3 is 1. The zero-order chi connectivity index (χ0) is 7.49. The molecular formula is C4H4Cl2O3. The van der Waals surface area contributed by atoms with Gasteiger partial charge < -0.3 is 4.74 Å². The van der Waals surface area contributed by atoms with Gasteiger partial charge in [0.25, 0.3) is 4.33 Å². The van der Waals surface area contributed by atoms with Crippen molar-refractivity contribution in [1.82, 2.24) is 0 Å². The first kappa shape index (κ1) is 8.72. The first-order valence-electron chi connectivity index (χ1n) is 1.97. The molecule has 0 N–H and O–H groups in total. The highest BCUT2D eigenvalue weighted by atomic mass is 35.5. The summed E-state index contributed by atoms with van der Waals surface area (Å²) in [7, 11) is 1.09. The summed E-state index contributed by atoms with van der Waals surface area (Å²) in [5.41, 5.74) is 0. The third-order valence-corrected chi connectivity index (χ3v) is 1.09. The van der Waals surface area contributed by atoms with Crippen molar-refractivity contribution in [2.45, 2.75) is 4.33 Å². The molecule has 5 heteroatoms. The molecule has 3 nitrogen and oxygen atoms in total. The minimum absolute atomic E-state index is 0.0992. The number of ether oxygens (including phenoxy) is 1. The van der Waals surface area contributed by atoms with E-state index in [1.807, 2.05) is 0 Å². The molecule has 0 radical (unpaired) electrons. The van der Waals surface area contributed by atoms with Gasteiger partial charge in [-0.1, -0.05) is 23.2 Å². The Morgan fingerprint density at radius 1 is 1.67 bits per heavy atom. The van der Waals surface area contributed by atoms with Gasteiger partial charge in [0.05, 0.1) is 7.11 Å². The van der Waals surface area contributed by atoms with E-state index >= 15 is 0 Å². The second-order valence-electron chi connectivity index (χ2n) is 1.23. The molecule has 0 spiro atoms. The van der Waals surface area contributed by atoms with Crippen molar-refractivity contribution in [3.05, 3.63) is 0 Å². The number of alkyl halides is 2. The van der Waals surface area contributed by atoms with Crippen molar-refractivity contribution in [2.24, 2.45) is 0 Å². The second-order valence-corrected chi connectivity index (χ2v) is 2.62. The highest BCUT2D eigenvalue weighted by Gasteiger charge is 2.34. The SMILES string of the molecule is COC(=O)C(Cl)(Cl)C=O. The Labute approximate surface area is 61.9 Å². The molecule has 0 rings (SSSR count). The van der Waals surface area contributed by atoms with Crippen LogP contribution in [0.3, 0.4) is 0 Å². The Bertz CT molecular complexity index is 132. The summed E-state index contributed by atoms with van der Waals surface area (Å²) in [6, 6.07) is 0. The van der Waals surface area contributed by atoms with E-state index in [9.17, 15) is 9.59 Å². The third kappa shape index (κ3) is 2.20. The Morgan fingerprint density at radius 3 is 2.22 bits per heavy atom. The van der Waals surface area contributed by atoms with Gasteiger partial charge in [-0.3, -0.25) is 4.79 Å². The molecule has 0 saturated heterocycles. The Kier molecular flexibility index (Phi) is 2.94. The number of aldehydes is 1. The van der Waals surface area contributed by atoms with Gasteiger partial charge in [0.15, 0.2) is 6.29 Å². The van der Waals surface area contributed by atoms with E-state index in [2.05, 4.69) is 4.74 Å². The molecule has 9 heavy (non-hydrogen) atoms. The van der Waals surface area contributed by atoms with Crippen LogP contribution in [0.1, 0.15) is 0 Å². The van der Waals surface area contributed by atoms with Gasteiger partial charge in [-0.15, -0.1) is 0 Å².